The van der Waals surface area contributed by atoms with Gasteiger partial charge in [0.25, 0.3) is 11.8 Å². The van der Waals surface area contributed by atoms with Gasteiger partial charge in [-0.25, -0.2) is 0 Å². The first-order valence-electron chi connectivity index (χ1n) is 5.26. The van der Waals surface area contributed by atoms with Crippen LogP contribution in [0.3, 0.4) is 0 Å². The Bertz CT molecular complexity index is 442. The van der Waals surface area contributed by atoms with E-state index in [4.69, 9.17) is 0 Å². The molecule has 0 N–H and O–H groups in total. The van der Waals surface area contributed by atoms with Crippen LogP contribution in [0, 0.1) is 0 Å². The first-order chi connectivity index (χ1) is 7.66. The molecule has 0 fully saturated rings. The third-order valence-electron chi connectivity index (χ3n) is 2.70. The van der Waals surface area contributed by atoms with Crippen molar-refractivity contribution in [3.63, 3.8) is 0 Å². The maximum atomic E-state index is 12.0. The standard InChI is InChI=1S/C13H13NO2/c1-3-6-9(2)14-12(15)10-7-4-5-8-11(10)13(14)16/h3-9H,1-2H3/b6-3-. The fourth-order valence-electron chi connectivity index (χ4n) is 1.94. The van der Waals surface area contributed by atoms with Crippen molar-refractivity contribution in [1.82, 2.24) is 4.90 Å². The summed E-state index contributed by atoms with van der Waals surface area (Å²) in [6.45, 7) is 3.70. The average Bonchev–Trinajstić information content (AvgIpc) is 2.53. The predicted octanol–water partition coefficient (Wildman–Crippen LogP) is 2.25. The van der Waals surface area contributed by atoms with Crippen LogP contribution in [0.2, 0.25) is 0 Å². The van der Waals surface area contributed by atoms with E-state index in [2.05, 4.69) is 0 Å². The molecule has 0 aromatic heterocycles. The molecule has 16 heavy (non-hydrogen) atoms. The van der Waals surface area contributed by atoms with Crippen molar-refractivity contribution in [2.24, 2.45) is 0 Å². The number of amides is 2. The quantitative estimate of drug-likeness (QED) is 0.560. The molecule has 0 spiro atoms. The third-order valence-corrected chi connectivity index (χ3v) is 2.70. The van der Waals surface area contributed by atoms with Crippen LogP contribution in [-0.2, 0) is 0 Å². The van der Waals surface area contributed by atoms with Gasteiger partial charge in [-0.05, 0) is 26.0 Å². The second-order valence-corrected chi connectivity index (χ2v) is 3.79. The highest BCUT2D eigenvalue weighted by Gasteiger charge is 2.37. The number of fused-ring (bicyclic) bond motifs is 1. The summed E-state index contributed by atoms with van der Waals surface area (Å²) in [5.74, 6) is -0.405. The van der Waals surface area contributed by atoms with Gasteiger partial charge in [-0.3, -0.25) is 14.5 Å². The second kappa shape index (κ2) is 3.93. The molecular weight excluding hydrogens is 202 g/mol. The monoisotopic (exact) mass is 215 g/mol. The van der Waals surface area contributed by atoms with E-state index in [-0.39, 0.29) is 17.9 Å². The highest BCUT2D eigenvalue weighted by atomic mass is 16.2. The zero-order valence-corrected chi connectivity index (χ0v) is 9.31. The lowest BCUT2D eigenvalue weighted by Crippen LogP contribution is -2.36. The van der Waals surface area contributed by atoms with Gasteiger partial charge in [-0.2, -0.15) is 0 Å². The molecule has 1 heterocycles. The van der Waals surface area contributed by atoms with Crippen LogP contribution in [0.4, 0.5) is 0 Å². The van der Waals surface area contributed by atoms with E-state index < -0.39 is 0 Å². The van der Waals surface area contributed by atoms with Crippen LogP contribution in [0.25, 0.3) is 0 Å². The van der Waals surface area contributed by atoms with Gasteiger partial charge in [0.1, 0.15) is 0 Å². The Labute approximate surface area is 94.4 Å². The second-order valence-electron chi connectivity index (χ2n) is 3.79. The van der Waals surface area contributed by atoms with Gasteiger partial charge in [-0.15, -0.1) is 0 Å². The number of nitrogens with zero attached hydrogens (tertiary/aromatic N) is 1. The molecule has 1 aliphatic rings. The lowest BCUT2D eigenvalue weighted by Gasteiger charge is -2.18. The summed E-state index contributed by atoms with van der Waals surface area (Å²) in [7, 11) is 0. The van der Waals surface area contributed by atoms with Crippen molar-refractivity contribution in [2.75, 3.05) is 0 Å². The molecule has 1 atom stereocenters. The number of benzene rings is 1. The van der Waals surface area contributed by atoms with E-state index in [1.165, 1.54) is 4.90 Å². The van der Waals surface area contributed by atoms with Crippen molar-refractivity contribution in [2.45, 2.75) is 19.9 Å². The molecule has 3 nitrogen and oxygen atoms in total. The molecule has 0 saturated heterocycles. The smallest absolute Gasteiger partial charge is 0.262 e. The number of allylic oxidation sites excluding steroid dienone is 1. The minimum absolute atomic E-state index is 0.197. The predicted molar refractivity (Wildman–Crippen MR) is 61.2 cm³/mol. The van der Waals surface area contributed by atoms with Crippen molar-refractivity contribution in [1.29, 1.82) is 0 Å². The Balaban J connectivity index is 2.42. The maximum Gasteiger partial charge on any atom is 0.262 e. The van der Waals surface area contributed by atoms with Crippen molar-refractivity contribution >= 4 is 11.8 Å². The van der Waals surface area contributed by atoms with E-state index in [9.17, 15) is 9.59 Å². The van der Waals surface area contributed by atoms with Gasteiger partial charge < -0.3 is 0 Å². The number of rotatable bonds is 2. The van der Waals surface area contributed by atoms with Crippen molar-refractivity contribution in [3.8, 4) is 0 Å². The number of carbonyl (C=O) groups excluding carboxylic acids is 2. The third kappa shape index (κ3) is 1.45. The van der Waals surface area contributed by atoms with Gasteiger partial charge in [0.2, 0.25) is 0 Å². The van der Waals surface area contributed by atoms with Gasteiger partial charge >= 0.3 is 0 Å². The van der Waals surface area contributed by atoms with Crippen LogP contribution in [0.5, 0.6) is 0 Å². The molecule has 0 radical (unpaired) electrons. The molecule has 3 heteroatoms. The Morgan fingerprint density at radius 2 is 1.62 bits per heavy atom. The normalized spacial score (nSPS) is 17.0. The van der Waals surface area contributed by atoms with Crippen molar-refractivity contribution in [3.05, 3.63) is 47.5 Å². The summed E-state index contributed by atoms with van der Waals surface area (Å²) in [5.41, 5.74) is 1.01. The maximum absolute atomic E-state index is 12.0. The van der Waals surface area contributed by atoms with E-state index in [1.54, 1.807) is 24.3 Å². The molecule has 0 aliphatic carbocycles. The molecule has 2 rings (SSSR count). The Morgan fingerprint density at radius 3 is 2.06 bits per heavy atom. The van der Waals surface area contributed by atoms with Crippen molar-refractivity contribution < 1.29 is 9.59 Å². The lowest BCUT2D eigenvalue weighted by atomic mass is 10.1. The molecule has 1 unspecified atom stereocenters. The number of carbonyl (C=O) groups is 2. The Morgan fingerprint density at radius 1 is 1.12 bits per heavy atom. The first-order valence-corrected chi connectivity index (χ1v) is 5.26. The number of hydrogen-bond acceptors (Lipinski definition) is 2. The number of hydrogen-bond donors (Lipinski definition) is 0. The van der Waals surface area contributed by atoms with Gasteiger partial charge in [0.15, 0.2) is 0 Å². The minimum Gasteiger partial charge on any atom is -0.269 e. The molecule has 0 bridgehead atoms. The molecule has 1 aromatic rings. The summed E-state index contributed by atoms with van der Waals surface area (Å²) < 4.78 is 0. The molecule has 0 saturated carbocycles. The van der Waals surface area contributed by atoms with E-state index >= 15 is 0 Å². The minimum atomic E-state index is -0.203. The zero-order valence-electron chi connectivity index (χ0n) is 9.31. The molecule has 82 valence electrons. The summed E-state index contributed by atoms with van der Waals surface area (Å²) in [6, 6.07) is 6.73. The molecule has 2 amide bonds. The summed E-state index contributed by atoms with van der Waals surface area (Å²) in [4.78, 5) is 25.3. The van der Waals surface area contributed by atoms with Gasteiger partial charge in [0.05, 0.1) is 17.2 Å². The molecule has 1 aromatic carbocycles. The van der Waals surface area contributed by atoms with E-state index in [1.807, 2.05) is 26.0 Å². The largest absolute Gasteiger partial charge is 0.269 e. The summed E-state index contributed by atoms with van der Waals surface area (Å²) >= 11 is 0. The van der Waals surface area contributed by atoms with Crippen LogP contribution < -0.4 is 0 Å². The summed E-state index contributed by atoms with van der Waals surface area (Å²) in [5, 5.41) is 0. The Hall–Kier alpha value is -1.90. The zero-order chi connectivity index (χ0) is 11.7. The topological polar surface area (TPSA) is 37.4 Å². The van der Waals surface area contributed by atoms with E-state index in [0.717, 1.165) is 0 Å². The highest BCUT2D eigenvalue weighted by Crippen LogP contribution is 2.24. The number of imide groups is 1. The van der Waals surface area contributed by atoms with Crippen LogP contribution in [-0.4, -0.2) is 22.8 Å². The SMILES string of the molecule is C/C=C\C(C)N1C(=O)c2ccccc2C1=O. The van der Waals surface area contributed by atoms with Gasteiger partial charge in [-0.1, -0.05) is 24.3 Å². The molecular formula is C13H13NO2. The van der Waals surface area contributed by atoms with E-state index in [0.29, 0.717) is 11.1 Å². The van der Waals surface area contributed by atoms with Gasteiger partial charge in [0, 0.05) is 0 Å². The Kier molecular flexibility index (Phi) is 2.60. The first kappa shape index (κ1) is 10.6. The average molecular weight is 215 g/mol. The van der Waals surface area contributed by atoms with Crippen LogP contribution in [0.15, 0.2) is 36.4 Å². The summed E-state index contributed by atoms with van der Waals surface area (Å²) in [6.07, 6.45) is 3.68. The fourth-order valence-corrected chi connectivity index (χ4v) is 1.94. The highest BCUT2D eigenvalue weighted by molar-refractivity contribution is 6.21. The lowest BCUT2D eigenvalue weighted by molar-refractivity contribution is 0.0625. The van der Waals surface area contributed by atoms with Crippen LogP contribution >= 0.6 is 0 Å². The molecule has 1 aliphatic heterocycles. The van der Waals surface area contributed by atoms with Crippen LogP contribution in [0.1, 0.15) is 34.6 Å². The fraction of sp³-hybridized carbons (Fsp3) is 0.231.